The molecule has 0 amide bonds. The zero-order valence-corrected chi connectivity index (χ0v) is 7.35. The van der Waals surface area contributed by atoms with E-state index in [0.29, 0.717) is 5.69 Å². The molecule has 0 unspecified atom stereocenters. The maximum absolute atomic E-state index is 13.1. The molecule has 0 heterocycles. The number of hydrogen-bond acceptors (Lipinski definition) is 2. The van der Waals surface area contributed by atoms with E-state index in [1.807, 2.05) is 0 Å². The van der Waals surface area contributed by atoms with E-state index in [1.54, 1.807) is 12.1 Å². The highest BCUT2D eigenvalue weighted by atomic mass is 19.3. The molecular formula is C9H12F2N2. The first-order valence-electron chi connectivity index (χ1n) is 4.05. The van der Waals surface area contributed by atoms with E-state index in [4.69, 9.17) is 5.84 Å². The number of nitrogen functional groups attached to an aromatic ring is 1. The lowest BCUT2D eigenvalue weighted by molar-refractivity contribution is -0.00823. The first-order chi connectivity index (χ1) is 6.10. The van der Waals surface area contributed by atoms with Crippen molar-refractivity contribution in [2.45, 2.75) is 19.3 Å². The van der Waals surface area contributed by atoms with Crippen molar-refractivity contribution >= 4 is 5.69 Å². The summed E-state index contributed by atoms with van der Waals surface area (Å²) in [6.45, 7) is 1.45. The molecule has 1 rings (SSSR count). The molecule has 0 radical (unpaired) electrons. The Morgan fingerprint density at radius 3 is 2.69 bits per heavy atom. The average molecular weight is 186 g/mol. The summed E-state index contributed by atoms with van der Waals surface area (Å²) < 4.78 is 26.3. The summed E-state index contributed by atoms with van der Waals surface area (Å²) in [5.74, 6) is 2.34. The van der Waals surface area contributed by atoms with Gasteiger partial charge in [-0.15, -0.1) is 0 Å². The monoisotopic (exact) mass is 186 g/mol. The second-order valence-corrected chi connectivity index (χ2v) is 2.78. The number of nitrogens with one attached hydrogen (secondary N) is 1. The molecule has 1 aromatic carbocycles. The van der Waals surface area contributed by atoms with Crippen LogP contribution in [0, 0.1) is 0 Å². The quantitative estimate of drug-likeness (QED) is 0.562. The van der Waals surface area contributed by atoms with Crippen molar-refractivity contribution in [1.82, 2.24) is 0 Å². The van der Waals surface area contributed by atoms with Crippen LogP contribution in [0.1, 0.15) is 18.9 Å². The van der Waals surface area contributed by atoms with Gasteiger partial charge in [-0.05, 0) is 12.1 Å². The zero-order valence-electron chi connectivity index (χ0n) is 7.35. The van der Waals surface area contributed by atoms with E-state index in [1.165, 1.54) is 19.1 Å². The molecule has 0 aliphatic carbocycles. The van der Waals surface area contributed by atoms with Gasteiger partial charge in [0, 0.05) is 17.7 Å². The van der Waals surface area contributed by atoms with Gasteiger partial charge in [-0.2, -0.15) is 0 Å². The molecule has 0 atom stereocenters. The number of benzene rings is 1. The smallest absolute Gasteiger partial charge is 0.273 e. The van der Waals surface area contributed by atoms with Gasteiger partial charge >= 0.3 is 0 Å². The summed E-state index contributed by atoms with van der Waals surface area (Å²) in [6, 6.07) is 5.93. The number of alkyl halides is 2. The summed E-state index contributed by atoms with van der Waals surface area (Å²) in [5.41, 5.74) is 2.81. The molecule has 1 aromatic rings. The van der Waals surface area contributed by atoms with Crippen molar-refractivity contribution in [3.8, 4) is 0 Å². The van der Waals surface area contributed by atoms with Crippen LogP contribution in [0.3, 0.4) is 0 Å². The van der Waals surface area contributed by atoms with Crippen molar-refractivity contribution in [2.75, 3.05) is 5.43 Å². The Morgan fingerprint density at radius 2 is 2.15 bits per heavy atom. The predicted octanol–water partition coefficient (Wildman–Crippen LogP) is 2.47. The molecule has 0 aliphatic rings. The van der Waals surface area contributed by atoms with Crippen LogP contribution in [-0.4, -0.2) is 0 Å². The van der Waals surface area contributed by atoms with Gasteiger partial charge in [0.2, 0.25) is 0 Å². The Labute approximate surface area is 75.7 Å². The van der Waals surface area contributed by atoms with Gasteiger partial charge < -0.3 is 5.43 Å². The summed E-state index contributed by atoms with van der Waals surface area (Å²) in [6.07, 6.45) is -0.207. The largest absolute Gasteiger partial charge is 0.324 e. The van der Waals surface area contributed by atoms with E-state index in [9.17, 15) is 8.78 Å². The van der Waals surface area contributed by atoms with E-state index in [-0.39, 0.29) is 12.0 Å². The molecule has 13 heavy (non-hydrogen) atoms. The molecule has 0 spiro atoms. The summed E-state index contributed by atoms with van der Waals surface area (Å²) in [4.78, 5) is 0. The van der Waals surface area contributed by atoms with Crippen molar-refractivity contribution in [2.24, 2.45) is 5.84 Å². The van der Waals surface area contributed by atoms with E-state index in [2.05, 4.69) is 5.43 Å². The molecule has 0 aliphatic heterocycles. The number of rotatable bonds is 3. The van der Waals surface area contributed by atoms with Crippen LogP contribution in [-0.2, 0) is 5.92 Å². The second-order valence-electron chi connectivity index (χ2n) is 2.78. The topological polar surface area (TPSA) is 38.0 Å². The van der Waals surface area contributed by atoms with E-state index >= 15 is 0 Å². The lowest BCUT2D eigenvalue weighted by Gasteiger charge is -2.14. The number of nitrogens with two attached hydrogens (primary N) is 1. The Kier molecular flexibility index (Phi) is 2.83. The maximum atomic E-state index is 13.1. The first kappa shape index (κ1) is 9.92. The van der Waals surface area contributed by atoms with Crippen molar-refractivity contribution in [1.29, 1.82) is 0 Å². The average Bonchev–Trinajstić information content (AvgIpc) is 2.18. The number of halogens is 2. The normalized spacial score (nSPS) is 11.4. The maximum Gasteiger partial charge on any atom is 0.273 e. The van der Waals surface area contributed by atoms with Crippen molar-refractivity contribution < 1.29 is 8.78 Å². The summed E-state index contributed by atoms with van der Waals surface area (Å²) >= 11 is 0. The minimum atomic E-state index is -2.77. The Hall–Kier alpha value is -1.16. The van der Waals surface area contributed by atoms with Gasteiger partial charge in [-0.3, -0.25) is 5.84 Å². The Bertz CT molecular complexity index is 287. The fourth-order valence-corrected chi connectivity index (χ4v) is 1.04. The minimum absolute atomic E-state index is 0.00884. The third-order valence-corrected chi connectivity index (χ3v) is 1.90. The molecule has 0 aromatic heterocycles. The number of anilines is 1. The van der Waals surface area contributed by atoms with Crippen LogP contribution in [0.15, 0.2) is 24.3 Å². The fraction of sp³-hybridized carbons (Fsp3) is 0.333. The SMILES string of the molecule is CCC(F)(F)c1cccc(NN)c1. The third kappa shape index (κ3) is 2.15. The van der Waals surface area contributed by atoms with Gasteiger partial charge in [0.1, 0.15) is 0 Å². The Morgan fingerprint density at radius 1 is 1.46 bits per heavy atom. The van der Waals surface area contributed by atoms with Crippen molar-refractivity contribution in [3.63, 3.8) is 0 Å². The summed E-state index contributed by atoms with van der Waals surface area (Å²) in [5, 5.41) is 0. The second kappa shape index (κ2) is 3.70. The molecule has 4 heteroatoms. The highest BCUT2D eigenvalue weighted by Crippen LogP contribution is 2.32. The van der Waals surface area contributed by atoms with Gasteiger partial charge in [0.15, 0.2) is 0 Å². The number of hydrazine groups is 1. The van der Waals surface area contributed by atoms with Crippen molar-refractivity contribution in [3.05, 3.63) is 29.8 Å². The molecule has 0 saturated carbocycles. The first-order valence-corrected chi connectivity index (χ1v) is 4.05. The van der Waals surface area contributed by atoms with Gasteiger partial charge in [-0.25, -0.2) is 8.78 Å². The Balaban J connectivity index is 3.01. The predicted molar refractivity (Wildman–Crippen MR) is 48.4 cm³/mol. The molecule has 2 nitrogen and oxygen atoms in total. The lowest BCUT2D eigenvalue weighted by atomic mass is 10.1. The van der Waals surface area contributed by atoms with Crippen LogP contribution in [0.2, 0.25) is 0 Å². The highest BCUT2D eigenvalue weighted by molar-refractivity contribution is 5.45. The van der Waals surface area contributed by atoms with E-state index in [0.717, 1.165) is 0 Å². The molecule has 0 saturated heterocycles. The van der Waals surface area contributed by atoms with Crippen LogP contribution >= 0.6 is 0 Å². The fourth-order valence-electron chi connectivity index (χ4n) is 1.04. The van der Waals surface area contributed by atoms with Gasteiger partial charge in [0.05, 0.1) is 0 Å². The minimum Gasteiger partial charge on any atom is -0.324 e. The number of hydrogen-bond donors (Lipinski definition) is 2. The van der Waals surface area contributed by atoms with E-state index < -0.39 is 5.92 Å². The summed E-state index contributed by atoms with van der Waals surface area (Å²) in [7, 11) is 0. The van der Waals surface area contributed by atoms with Crippen LogP contribution in [0.5, 0.6) is 0 Å². The standard InChI is InChI=1S/C9H12F2N2/c1-2-9(10,11)7-4-3-5-8(6-7)13-12/h3-6,13H,2,12H2,1H3. The molecule has 72 valence electrons. The third-order valence-electron chi connectivity index (χ3n) is 1.90. The molecule has 0 fully saturated rings. The highest BCUT2D eigenvalue weighted by Gasteiger charge is 2.28. The van der Waals surface area contributed by atoms with Crippen LogP contribution < -0.4 is 11.3 Å². The van der Waals surface area contributed by atoms with Crippen LogP contribution in [0.4, 0.5) is 14.5 Å². The van der Waals surface area contributed by atoms with Gasteiger partial charge in [-0.1, -0.05) is 19.1 Å². The molecule has 3 N–H and O–H groups in total. The van der Waals surface area contributed by atoms with Crippen LogP contribution in [0.25, 0.3) is 0 Å². The zero-order chi connectivity index (χ0) is 9.90. The van der Waals surface area contributed by atoms with Gasteiger partial charge in [0.25, 0.3) is 5.92 Å². The lowest BCUT2D eigenvalue weighted by Crippen LogP contribution is -2.13. The molecular weight excluding hydrogens is 174 g/mol. The molecule has 0 bridgehead atoms.